The van der Waals surface area contributed by atoms with Crippen LogP contribution < -0.4 is 15.2 Å². The van der Waals surface area contributed by atoms with E-state index in [2.05, 4.69) is 13.8 Å². The van der Waals surface area contributed by atoms with Crippen molar-refractivity contribution < 1.29 is 9.47 Å². The Labute approximate surface area is 104 Å². The van der Waals surface area contributed by atoms with Crippen molar-refractivity contribution in [1.82, 2.24) is 0 Å². The summed E-state index contributed by atoms with van der Waals surface area (Å²) in [5.41, 5.74) is 6.97. The number of hydrogen-bond donors (Lipinski definition) is 1. The molecule has 96 valence electrons. The molecule has 1 atom stereocenters. The summed E-state index contributed by atoms with van der Waals surface area (Å²) in [5, 5.41) is 0. The van der Waals surface area contributed by atoms with Crippen LogP contribution in [0, 0.1) is 0 Å². The Bertz CT molecular complexity index is 346. The quantitative estimate of drug-likeness (QED) is 0.825. The van der Waals surface area contributed by atoms with Gasteiger partial charge in [0.15, 0.2) is 0 Å². The number of rotatable bonds is 6. The molecule has 0 aromatic heterocycles. The van der Waals surface area contributed by atoms with E-state index in [0.717, 1.165) is 29.9 Å². The van der Waals surface area contributed by atoms with Crippen LogP contribution in [0.15, 0.2) is 18.2 Å². The van der Waals surface area contributed by atoms with Crippen molar-refractivity contribution in [2.24, 2.45) is 5.73 Å². The van der Waals surface area contributed by atoms with E-state index in [1.54, 1.807) is 7.11 Å². The zero-order valence-electron chi connectivity index (χ0n) is 11.2. The average molecular weight is 237 g/mol. The summed E-state index contributed by atoms with van der Waals surface area (Å²) in [4.78, 5) is 0. The molecule has 0 radical (unpaired) electrons. The summed E-state index contributed by atoms with van der Waals surface area (Å²) >= 11 is 0. The standard InChI is InChI=1S/C14H23NO2/c1-5-11(6-2)17-14-9-12(16-4)7-8-13(14)10(3)15/h7-11H,5-6,15H2,1-4H3/t10-/m1/s1. The molecule has 17 heavy (non-hydrogen) atoms. The van der Waals surface area contributed by atoms with Gasteiger partial charge in [0.05, 0.1) is 13.2 Å². The molecule has 1 aromatic rings. The fourth-order valence-electron chi connectivity index (χ4n) is 1.75. The lowest BCUT2D eigenvalue weighted by atomic mass is 10.1. The molecule has 0 aliphatic rings. The van der Waals surface area contributed by atoms with Gasteiger partial charge >= 0.3 is 0 Å². The van der Waals surface area contributed by atoms with Gasteiger partial charge in [-0.25, -0.2) is 0 Å². The zero-order chi connectivity index (χ0) is 12.8. The van der Waals surface area contributed by atoms with Gasteiger partial charge in [-0.3, -0.25) is 0 Å². The second-order valence-corrected chi connectivity index (χ2v) is 4.25. The Morgan fingerprint density at radius 3 is 2.35 bits per heavy atom. The van der Waals surface area contributed by atoms with Crippen LogP contribution in [0.4, 0.5) is 0 Å². The summed E-state index contributed by atoms with van der Waals surface area (Å²) in [7, 11) is 1.65. The Kier molecular flexibility index (Phi) is 5.29. The maximum atomic E-state index is 5.99. The van der Waals surface area contributed by atoms with E-state index in [0.29, 0.717) is 0 Å². The van der Waals surface area contributed by atoms with Crippen molar-refractivity contribution in [3.63, 3.8) is 0 Å². The first-order valence-electron chi connectivity index (χ1n) is 6.22. The maximum absolute atomic E-state index is 5.99. The van der Waals surface area contributed by atoms with Crippen molar-refractivity contribution in [3.8, 4) is 11.5 Å². The molecule has 0 unspecified atom stereocenters. The van der Waals surface area contributed by atoms with Crippen molar-refractivity contribution >= 4 is 0 Å². The SMILES string of the molecule is CCC(CC)Oc1cc(OC)ccc1[C@@H](C)N. The predicted octanol–water partition coefficient (Wildman–Crippen LogP) is 3.28. The molecule has 0 amide bonds. The van der Waals surface area contributed by atoms with Crippen LogP contribution in [0.1, 0.15) is 45.2 Å². The fourth-order valence-corrected chi connectivity index (χ4v) is 1.75. The Balaban J connectivity index is 3.00. The number of benzene rings is 1. The molecule has 2 N–H and O–H groups in total. The molecule has 0 aliphatic carbocycles. The van der Waals surface area contributed by atoms with Crippen molar-refractivity contribution in [2.45, 2.75) is 45.8 Å². The van der Waals surface area contributed by atoms with Crippen LogP contribution in [-0.4, -0.2) is 13.2 Å². The van der Waals surface area contributed by atoms with E-state index < -0.39 is 0 Å². The van der Waals surface area contributed by atoms with E-state index >= 15 is 0 Å². The molecular weight excluding hydrogens is 214 g/mol. The van der Waals surface area contributed by atoms with Crippen LogP contribution in [0.5, 0.6) is 11.5 Å². The van der Waals surface area contributed by atoms with E-state index in [4.69, 9.17) is 15.2 Å². The highest BCUT2D eigenvalue weighted by atomic mass is 16.5. The van der Waals surface area contributed by atoms with Crippen LogP contribution in [0.25, 0.3) is 0 Å². The molecule has 0 saturated carbocycles. The first-order valence-corrected chi connectivity index (χ1v) is 6.22. The third-order valence-corrected chi connectivity index (χ3v) is 2.92. The molecule has 0 spiro atoms. The van der Waals surface area contributed by atoms with Crippen molar-refractivity contribution in [2.75, 3.05) is 7.11 Å². The van der Waals surface area contributed by atoms with Crippen LogP contribution in [0.3, 0.4) is 0 Å². The minimum absolute atomic E-state index is 0.0368. The number of ether oxygens (including phenoxy) is 2. The number of nitrogens with two attached hydrogens (primary N) is 1. The van der Waals surface area contributed by atoms with Gasteiger partial charge in [0.2, 0.25) is 0 Å². The molecule has 3 nitrogen and oxygen atoms in total. The van der Waals surface area contributed by atoms with Gasteiger partial charge in [0.1, 0.15) is 11.5 Å². The van der Waals surface area contributed by atoms with Crippen molar-refractivity contribution in [3.05, 3.63) is 23.8 Å². The summed E-state index contributed by atoms with van der Waals surface area (Å²) < 4.78 is 11.2. The number of methoxy groups -OCH3 is 1. The van der Waals surface area contributed by atoms with Crippen LogP contribution >= 0.6 is 0 Å². The molecule has 0 aliphatic heterocycles. The van der Waals surface area contributed by atoms with Crippen LogP contribution in [-0.2, 0) is 0 Å². The third kappa shape index (κ3) is 3.63. The first kappa shape index (κ1) is 13.8. The third-order valence-electron chi connectivity index (χ3n) is 2.92. The number of hydrogen-bond acceptors (Lipinski definition) is 3. The smallest absolute Gasteiger partial charge is 0.128 e. The van der Waals surface area contributed by atoms with Gasteiger partial charge < -0.3 is 15.2 Å². The van der Waals surface area contributed by atoms with Crippen molar-refractivity contribution in [1.29, 1.82) is 0 Å². The summed E-state index contributed by atoms with van der Waals surface area (Å²) in [6, 6.07) is 5.77. The lowest BCUT2D eigenvalue weighted by molar-refractivity contribution is 0.189. The monoisotopic (exact) mass is 237 g/mol. The van der Waals surface area contributed by atoms with Gasteiger partial charge in [0, 0.05) is 17.7 Å². The summed E-state index contributed by atoms with van der Waals surface area (Å²) in [6.07, 6.45) is 2.22. The summed E-state index contributed by atoms with van der Waals surface area (Å²) in [6.45, 7) is 6.21. The minimum atomic E-state index is -0.0368. The normalized spacial score (nSPS) is 12.6. The van der Waals surface area contributed by atoms with E-state index in [-0.39, 0.29) is 12.1 Å². The van der Waals surface area contributed by atoms with Gasteiger partial charge in [-0.05, 0) is 25.8 Å². The van der Waals surface area contributed by atoms with Gasteiger partial charge in [-0.2, -0.15) is 0 Å². The first-order chi connectivity index (χ1) is 8.12. The molecular formula is C14H23NO2. The topological polar surface area (TPSA) is 44.5 Å². The molecule has 0 fully saturated rings. The van der Waals surface area contributed by atoms with E-state index in [1.807, 2.05) is 25.1 Å². The highest BCUT2D eigenvalue weighted by Crippen LogP contribution is 2.30. The Morgan fingerprint density at radius 2 is 1.88 bits per heavy atom. The predicted molar refractivity (Wildman–Crippen MR) is 70.6 cm³/mol. The molecule has 0 saturated heterocycles. The Morgan fingerprint density at radius 1 is 1.24 bits per heavy atom. The summed E-state index contributed by atoms with van der Waals surface area (Å²) in [5.74, 6) is 1.64. The average Bonchev–Trinajstić information content (AvgIpc) is 2.35. The van der Waals surface area contributed by atoms with E-state index in [1.165, 1.54) is 0 Å². The lowest BCUT2D eigenvalue weighted by Gasteiger charge is -2.20. The molecule has 1 aromatic carbocycles. The second-order valence-electron chi connectivity index (χ2n) is 4.25. The lowest BCUT2D eigenvalue weighted by Crippen LogP contribution is -2.16. The second kappa shape index (κ2) is 6.50. The molecule has 0 heterocycles. The largest absolute Gasteiger partial charge is 0.497 e. The van der Waals surface area contributed by atoms with Gasteiger partial charge in [-0.1, -0.05) is 19.9 Å². The van der Waals surface area contributed by atoms with E-state index in [9.17, 15) is 0 Å². The van der Waals surface area contributed by atoms with Crippen LogP contribution in [0.2, 0.25) is 0 Å². The highest BCUT2D eigenvalue weighted by molar-refractivity contribution is 5.42. The molecule has 3 heteroatoms. The minimum Gasteiger partial charge on any atom is -0.497 e. The fraction of sp³-hybridized carbons (Fsp3) is 0.571. The molecule has 1 rings (SSSR count). The maximum Gasteiger partial charge on any atom is 0.128 e. The van der Waals surface area contributed by atoms with Gasteiger partial charge in [-0.15, -0.1) is 0 Å². The highest BCUT2D eigenvalue weighted by Gasteiger charge is 2.13. The van der Waals surface area contributed by atoms with Gasteiger partial charge in [0.25, 0.3) is 0 Å². The molecule has 0 bridgehead atoms. The Hall–Kier alpha value is -1.22. The zero-order valence-corrected chi connectivity index (χ0v) is 11.2.